The van der Waals surface area contributed by atoms with Crippen LogP contribution in [0.25, 0.3) is 0 Å². The molecule has 0 aromatic carbocycles. The number of aryl methyl sites for hydroxylation is 2. The third kappa shape index (κ3) is 2.92. The lowest BCUT2D eigenvalue weighted by atomic mass is 9.73. The van der Waals surface area contributed by atoms with Crippen LogP contribution in [-0.2, 0) is 0 Å². The molecule has 4 unspecified atom stereocenters. The molecule has 1 aromatic heterocycles. The van der Waals surface area contributed by atoms with Gasteiger partial charge in [-0.25, -0.2) is 0 Å². The van der Waals surface area contributed by atoms with E-state index in [1.54, 1.807) is 0 Å². The SMILES string of the molecule is Cc1cc(C(O)C2CCC(C)C(C)C2)cc(C)n1. The van der Waals surface area contributed by atoms with Gasteiger partial charge >= 0.3 is 0 Å². The van der Waals surface area contributed by atoms with Crippen molar-refractivity contribution in [3.8, 4) is 0 Å². The van der Waals surface area contributed by atoms with Gasteiger partial charge < -0.3 is 5.11 Å². The van der Waals surface area contributed by atoms with Crippen LogP contribution in [-0.4, -0.2) is 10.1 Å². The van der Waals surface area contributed by atoms with Crippen LogP contribution in [0.2, 0.25) is 0 Å². The molecule has 1 fully saturated rings. The number of pyridine rings is 1. The highest BCUT2D eigenvalue weighted by molar-refractivity contribution is 5.23. The zero-order chi connectivity index (χ0) is 13.3. The molecule has 1 aliphatic rings. The third-order valence-corrected chi connectivity index (χ3v) is 4.53. The molecule has 1 saturated carbocycles. The molecule has 0 saturated heterocycles. The highest BCUT2D eigenvalue weighted by Crippen LogP contribution is 2.39. The number of aliphatic hydroxyl groups excluding tert-OH is 1. The van der Waals surface area contributed by atoms with Gasteiger partial charge in [0.15, 0.2) is 0 Å². The van der Waals surface area contributed by atoms with Crippen molar-refractivity contribution >= 4 is 0 Å². The second kappa shape index (κ2) is 5.40. The first-order chi connectivity index (χ1) is 8.47. The lowest BCUT2D eigenvalue weighted by molar-refractivity contribution is 0.0559. The number of aliphatic hydroxyl groups is 1. The Hall–Kier alpha value is -0.890. The van der Waals surface area contributed by atoms with Crippen LogP contribution in [0.15, 0.2) is 12.1 Å². The molecule has 1 heterocycles. The summed E-state index contributed by atoms with van der Waals surface area (Å²) < 4.78 is 0. The van der Waals surface area contributed by atoms with Crippen LogP contribution in [0.1, 0.15) is 56.2 Å². The number of rotatable bonds is 2. The molecule has 4 atom stereocenters. The quantitative estimate of drug-likeness (QED) is 0.862. The van der Waals surface area contributed by atoms with Crippen LogP contribution in [0.4, 0.5) is 0 Å². The summed E-state index contributed by atoms with van der Waals surface area (Å²) in [6, 6.07) is 4.06. The van der Waals surface area contributed by atoms with E-state index in [-0.39, 0.29) is 6.10 Å². The fourth-order valence-corrected chi connectivity index (χ4v) is 3.19. The van der Waals surface area contributed by atoms with Crippen molar-refractivity contribution in [2.45, 2.75) is 53.1 Å². The summed E-state index contributed by atoms with van der Waals surface area (Å²) in [7, 11) is 0. The molecule has 2 heteroatoms. The molecule has 1 aromatic rings. The van der Waals surface area contributed by atoms with E-state index in [0.717, 1.165) is 41.6 Å². The van der Waals surface area contributed by atoms with E-state index >= 15 is 0 Å². The van der Waals surface area contributed by atoms with Crippen molar-refractivity contribution in [1.29, 1.82) is 0 Å². The second-order valence-corrected chi connectivity index (χ2v) is 6.16. The normalized spacial score (nSPS) is 30.2. The Kier molecular flexibility index (Phi) is 4.06. The summed E-state index contributed by atoms with van der Waals surface area (Å²) in [5, 5.41) is 10.6. The minimum Gasteiger partial charge on any atom is -0.388 e. The van der Waals surface area contributed by atoms with Gasteiger partial charge in [0, 0.05) is 11.4 Å². The first-order valence-electron chi connectivity index (χ1n) is 7.10. The standard InChI is InChI=1S/C16H25NO/c1-10-5-6-14(7-11(10)2)16(18)15-8-12(3)17-13(4)9-15/h8-11,14,16,18H,5-7H2,1-4H3. The molecule has 0 bridgehead atoms. The maximum Gasteiger partial charge on any atom is 0.0819 e. The Balaban J connectivity index is 2.13. The largest absolute Gasteiger partial charge is 0.388 e. The average Bonchev–Trinajstić information content (AvgIpc) is 2.30. The summed E-state index contributed by atoms with van der Waals surface area (Å²) in [6.07, 6.45) is 3.21. The van der Waals surface area contributed by atoms with Crippen LogP contribution >= 0.6 is 0 Å². The van der Waals surface area contributed by atoms with Gasteiger partial charge in [0.1, 0.15) is 0 Å². The van der Waals surface area contributed by atoms with Gasteiger partial charge in [-0.3, -0.25) is 4.98 Å². The van der Waals surface area contributed by atoms with Gasteiger partial charge in [-0.2, -0.15) is 0 Å². The Bertz CT molecular complexity index is 395. The van der Waals surface area contributed by atoms with Crippen molar-refractivity contribution in [3.63, 3.8) is 0 Å². The summed E-state index contributed by atoms with van der Waals surface area (Å²) in [6.45, 7) is 8.63. The molecule has 1 aliphatic carbocycles. The highest BCUT2D eigenvalue weighted by atomic mass is 16.3. The molecule has 100 valence electrons. The molecule has 0 spiro atoms. The molecule has 0 aliphatic heterocycles. The van der Waals surface area contributed by atoms with E-state index < -0.39 is 0 Å². The zero-order valence-corrected chi connectivity index (χ0v) is 12.0. The third-order valence-electron chi connectivity index (χ3n) is 4.53. The summed E-state index contributed by atoms with van der Waals surface area (Å²) >= 11 is 0. The van der Waals surface area contributed by atoms with Gasteiger partial charge in [-0.1, -0.05) is 20.3 Å². The number of hydrogen-bond donors (Lipinski definition) is 1. The molecule has 18 heavy (non-hydrogen) atoms. The number of hydrogen-bond acceptors (Lipinski definition) is 2. The Morgan fingerprint density at radius 1 is 1.11 bits per heavy atom. The van der Waals surface area contributed by atoms with Gasteiger partial charge in [-0.15, -0.1) is 0 Å². The van der Waals surface area contributed by atoms with Crippen molar-refractivity contribution < 1.29 is 5.11 Å². The lowest BCUT2D eigenvalue weighted by Crippen LogP contribution is -2.25. The van der Waals surface area contributed by atoms with E-state index in [4.69, 9.17) is 0 Å². The Morgan fingerprint density at radius 3 is 2.28 bits per heavy atom. The van der Waals surface area contributed by atoms with Gasteiger partial charge in [-0.05, 0) is 62.1 Å². The fraction of sp³-hybridized carbons (Fsp3) is 0.688. The van der Waals surface area contributed by atoms with Crippen molar-refractivity contribution in [2.24, 2.45) is 17.8 Å². The first kappa shape index (κ1) is 13.5. The summed E-state index contributed by atoms with van der Waals surface area (Å²) in [5.74, 6) is 1.94. The average molecular weight is 247 g/mol. The molecule has 0 amide bonds. The molecule has 0 radical (unpaired) electrons. The monoisotopic (exact) mass is 247 g/mol. The summed E-state index contributed by atoms with van der Waals surface area (Å²) in [4.78, 5) is 4.38. The maximum atomic E-state index is 10.6. The highest BCUT2D eigenvalue weighted by Gasteiger charge is 2.30. The minimum absolute atomic E-state index is 0.319. The van der Waals surface area contributed by atoms with Gasteiger partial charge in [0.25, 0.3) is 0 Å². The maximum absolute atomic E-state index is 10.6. The molecular weight excluding hydrogens is 222 g/mol. The smallest absolute Gasteiger partial charge is 0.0819 e. The molecule has 2 rings (SSSR count). The zero-order valence-electron chi connectivity index (χ0n) is 12.0. The van der Waals surface area contributed by atoms with E-state index in [1.165, 1.54) is 6.42 Å². The van der Waals surface area contributed by atoms with Crippen LogP contribution in [0.5, 0.6) is 0 Å². The van der Waals surface area contributed by atoms with E-state index in [0.29, 0.717) is 5.92 Å². The van der Waals surface area contributed by atoms with E-state index in [2.05, 4.69) is 18.8 Å². The Morgan fingerprint density at radius 2 is 1.72 bits per heavy atom. The van der Waals surface area contributed by atoms with Crippen molar-refractivity contribution in [2.75, 3.05) is 0 Å². The lowest BCUT2D eigenvalue weighted by Gasteiger charge is -2.34. The van der Waals surface area contributed by atoms with Gasteiger partial charge in [0.2, 0.25) is 0 Å². The Labute approximate surface area is 110 Å². The summed E-state index contributed by atoms with van der Waals surface area (Å²) in [5.41, 5.74) is 3.05. The molecule has 2 nitrogen and oxygen atoms in total. The second-order valence-electron chi connectivity index (χ2n) is 6.16. The van der Waals surface area contributed by atoms with Crippen molar-refractivity contribution in [1.82, 2.24) is 4.98 Å². The van der Waals surface area contributed by atoms with E-state index in [1.807, 2.05) is 26.0 Å². The van der Waals surface area contributed by atoms with Gasteiger partial charge in [0.05, 0.1) is 6.10 Å². The predicted molar refractivity (Wildman–Crippen MR) is 74.3 cm³/mol. The van der Waals surface area contributed by atoms with Crippen molar-refractivity contribution in [3.05, 3.63) is 29.1 Å². The topological polar surface area (TPSA) is 33.1 Å². The fourth-order valence-electron chi connectivity index (χ4n) is 3.19. The molecular formula is C16H25NO. The predicted octanol–water partition coefficient (Wildman–Crippen LogP) is 3.80. The van der Waals surface area contributed by atoms with Crippen LogP contribution < -0.4 is 0 Å². The van der Waals surface area contributed by atoms with Crippen LogP contribution in [0, 0.1) is 31.6 Å². The minimum atomic E-state index is -0.319. The molecule has 1 N–H and O–H groups in total. The number of aromatic nitrogens is 1. The van der Waals surface area contributed by atoms with E-state index in [9.17, 15) is 5.11 Å². The number of nitrogens with zero attached hydrogens (tertiary/aromatic N) is 1. The first-order valence-corrected chi connectivity index (χ1v) is 7.10. The van der Waals surface area contributed by atoms with Crippen LogP contribution in [0.3, 0.4) is 0 Å².